The van der Waals surface area contributed by atoms with Crippen LogP contribution in [0.4, 0.5) is 0 Å². The summed E-state index contributed by atoms with van der Waals surface area (Å²) in [5.41, 5.74) is 0.732. The van der Waals surface area contributed by atoms with E-state index in [1.807, 2.05) is 18.2 Å². The summed E-state index contributed by atoms with van der Waals surface area (Å²) >= 11 is 18.2. The maximum atomic E-state index is 6.33. The second kappa shape index (κ2) is 11.1. The van der Waals surface area contributed by atoms with E-state index in [9.17, 15) is 0 Å². The number of benzene rings is 2. The zero-order valence-corrected chi connectivity index (χ0v) is 17.7. The number of ether oxygens (including phenoxy) is 3. The molecule has 8 heteroatoms. The van der Waals surface area contributed by atoms with E-state index in [0.717, 1.165) is 11.3 Å². The summed E-state index contributed by atoms with van der Waals surface area (Å²) in [6.07, 6.45) is 6.95. The minimum Gasteiger partial charge on any atom is -0.491 e. The van der Waals surface area contributed by atoms with E-state index in [1.54, 1.807) is 53.8 Å². The first kappa shape index (κ1) is 21.5. The molecule has 29 heavy (non-hydrogen) atoms. The van der Waals surface area contributed by atoms with Gasteiger partial charge in [-0.25, -0.2) is 4.98 Å². The van der Waals surface area contributed by atoms with Crippen LogP contribution in [0.1, 0.15) is 5.56 Å². The Hall–Kier alpha value is -2.18. The number of nitrogens with zero attached hydrogens (tertiary/aromatic N) is 2. The van der Waals surface area contributed by atoms with Crippen LogP contribution in [0, 0.1) is 0 Å². The van der Waals surface area contributed by atoms with Crippen molar-refractivity contribution in [2.75, 3.05) is 26.4 Å². The van der Waals surface area contributed by atoms with E-state index >= 15 is 0 Å². The van der Waals surface area contributed by atoms with Crippen LogP contribution < -0.4 is 4.74 Å². The van der Waals surface area contributed by atoms with Crippen LogP contribution in [-0.4, -0.2) is 36.0 Å². The second-order valence-electron chi connectivity index (χ2n) is 5.89. The van der Waals surface area contributed by atoms with Gasteiger partial charge in [-0.1, -0.05) is 34.8 Å². The monoisotopic (exact) mass is 452 g/mol. The Morgan fingerprint density at radius 2 is 1.69 bits per heavy atom. The van der Waals surface area contributed by atoms with Crippen LogP contribution in [0.3, 0.4) is 0 Å². The summed E-state index contributed by atoms with van der Waals surface area (Å²) in [6, 6.07) is 12.4. The zero-order chi connectivity index (χ0) is 20.5. The molecule has 0 aliphatic heterocycles. The second-order valence-corrected chi connectivity index (χ2v) is 7.17. The smallest absolute Gasteiger partial charge is 0.144 e. The number of aromatic nitrogens is 2. The molecule has 0 atom stereocenters. The summed E-state index contributed by atoms with van der Waals surface area (Å²) < 4.78 is 18.8. The summed E-state index contributed by atoms with van der Waals surface area (Å²) in [6.45, 7) is 1.62. The first-order valence-corrected chi connectivity index (χ1v) is 9.99. The Kier molecular flexibility index (Phi) is 8.25. The summed E-state index contributed by atoms with van der Waals surface area (Å²) in [5, 5.41) is 1.73. The Balaban J connectivity index is 1.48. The molecule has 5 nitrogen and oxygen atoms in total. The predicted octanol–water partition coefficient (Wildman–Crippen LogP) is 5.91. The Labute approximate surface area is 184 Å². The van der Waals surface area contributed by atoms with E-state index in [4.69, 9.17) is 49.0 Å². The molecular weight excluding hydrogens is 435 g/mol. The lowest BCUT2D eigenvalue weighted by molar-refractivity contribution is 0.0701. The van der Waals surface area contributed by atoms with Gasteiger partial charge >= 0.3 is 0 Å². The van der Waals surface area contributed by atoms with Crippen LogP contribution in [-0.2, 0) is 9.47 Å². The quantitative estimate of drug-likeness (QED) is 0.283. The van der Waals surface area contributed by atoms with Crippen molar-refractivity contribution in [1.82, 2.24) is 9.55 Å². The van der Waals surface area contributed by atoms with Gasteiger partial charge in [0.15, 0.2) is 0 Å². The predicted molar refractivity (Wildman–Crippen MR) is 117 cm³/mol. The van der Waals surface area contributed by atoms with Gasteiger partial charge in [-0.05, 0) is 42.5 Å². The van der Waals surface area contributed by atoms with Gasteiger partial charge in [-0.15, -0.1) is 0 Å². The molecule has 1 aromatic heterocycles. The molecule has 0 amide bonds. The molecule has 0 bridgehead atoms. The highest BCUT2D eigenvalue weighted by atomic mass is 35.5. The van der Waals surface area contributed by atoms with E-state index in [1.165, 1.54) is 0 Å². The zero-order valence-electron chi connectivity index (χ0n) is 15.4. The van der Waals surface area contributed by atoms with Crippen LogP contribution in [0.25, 0.3) is 12.0 Å². The van der Waals surface area contributed by atoms with Crippen molar-refractivity contribution < 1.29 is 14.2 Å². The van der Waals surface area contributed by atoms with E-state index in [2.05, 4.69) is 4.98 Å². The van der Waals surface area contributed by atoms with Crippen LogP contribution in [0.15, 0.2) is 61.2 Å². The normalized spacial score (nSPS) is 11.5. The first-order valence-electron chi connectivity index (χ1n) is 8.85. The molecule has 0 radical (unpaired) electrons. The fraction of sp³-hybridized carbons (Fsp3) is 0.190. The minimum atomic E-state index is 0.348. The van der Waals surface area contributed by atoms with Crippen molar-refractivity contribution in [3.63, 3.8) is 0 Å². The van der Waals surface area contributed by atoms with Crippen molar-refractivity contribution in [1.29, 1.82) is 0 Å². The lowest BCUT2D eigenvalue weighted by Gasteiger charge is -2.13. The number of hydrogen-bond acceptors (Lipinski definition) is 4. The highest BCUT2D eigenvalue weighted by Crippen LogP contribution is 2.28. The molecular formula is C21H19Cl3N2O3. The number of hydrogen-bond donors (Lipinski definition) is 0. The third-order valence-electron chi connectivity index (χ3n) is 3.78. The van der Waals surface area contributed by atoms with Gasteiger partial charge in [0.2, 0.25) is 0 Å². The molecule has 0 saturated heterocycles. The lowest BCUT2D eigenvalue weighted by Crippen LogP contribution is -2.11. The summed E-state index contributed by atoms with van der Waals surface area (Å²) in [5.74, 6) is 1.34. The molecule has 0 aliphatic carbocycles. The highest BCUT2D eigenvalue weighted by Gasteiger charge is 2.09. The van der Waals surface area contributed by atoms with Crippen molar-refractivity contribution in [3.8, 4) is 5.75 Å². The van der Waals surface area contributed by atoms with Gasteiger partial charge in [0, 0.05) is 28.0 Å². The molecule has 0 aliphatic rings. The van der Waals surface area contributed by atoms with Crippen LogP contribution in [0.5, 0.6) is 5.75 Å². The van der Waals surface area contributed by atoms with Gasteiger partial charge < -0.3 is 18.8 Å². The minimum absolute atomic E-state index is 0.348. The van der Waals surface area contributed by atoms with Gasteiger partial charge in [0.05, 0.1) is 30.8 Å². The molecule has 2 aromatic carbocycles. The Morgan fingerprint density at radius 3 is 2.41 bits per heavy atom. The molecule has 1 heterocycles. The van der Waals surface area contributed by atoms with Crippen LogP contribution >= 0.6 is 34.8 Å². The van der Waals surface area contributed by atoms with Gasteiger partial charge in [-0.2, -0.15) is 0 Å². The van der Waals surface area contributed by atoms with Crippen molar-refractivity contribution in [2.24, 2.45) is 0 Å². The molecule has 0 unspecified atom stereocenters. The van der Waals surface area contributed by atoms with Crippen molar-refractivity contribution in [3.05, 3.63) is 81.8 Å². The molecule has 3 aromatic rings. The van der Waals surface area contributed by atoms with Gasteiger partial charge in [-0.3, -0.25) is 0 Å². The van der Waals surface area contributed by atoms with E-state index in [-0.39, 0.29) is 0 Å². The standard InChI is InChI=1S/C21H19Cl3N2O3/c22-16-1-4-18(5-2-16)28-11-9-27-10-12-29-21(14-26-8-7-25-15-26)19-6-3-17(23)13-20(19)24/h1-8,13-15H,9-12H2. The fourth-order valence-corrected chi connectivity index (χ4v) is 3.04. The molecule has 0 N–H and O–H groups in total. The Morgan fingerprint density at radius 1 is 0.931 bits per heavy atom. The lowest BCUT2D eigenvalue weighted by atomic mass is 10.2. The highest BCUT2D eigenvalue weighted by molar-refractivity contribution is 6.35. The number of rotatable bonds is 10. The average Bonchev–Trinajstić information content (AvgIpc) is 3.21. The SMILES string of the molecule is Clc1ccc(OCCOCCOC(=Cn2ccnc2)c2ccc(Cl)cc2Cl)cc1. The van der Waals surface area contributed by atoms with Crippen LogP contribution in [0.2, 0.25) is 15.1 Å². The molecule has 0 fully saturated rings. The van der Waals surface area contributed by atoms with Gasteiger partial charge in [0.1, 0.15) is 24.7 Å². The molecule has 3 rings (SSSR count). The third-order valence-corrected chi connectivity index (χ3v) is 4.58. The third kappa shape index (κ3) is 6.98. The fourth-order valence-electron chi connectivity index (χ4n) is 2.42. The number of halogens is 3. The van der Waals surface area contributed by atoms with Gasteiger partial charge in [0.25, 0.3) is 0 Å². The topological polar surface area (TPSA) is 45.5 Å². The van der Waals surface area contributed by atoms with Crippen molar-refractivity contribution >= 4 is 46.8 Å². The largest absolute Gasteiger partial charge is 0.491 e. The number of imidazole rings is 1. The average molecular weight is 454 g/mol. The summed E-state index contributed by atoms with van der Waals surface area (Å²) in [4.78, 5) is 4.03. The summed E-state index contributed by atoms with van der Waals surface area (Å²) in [7, 11) is 0. The molecule has 152 valence electrons. The van der Waals surface area contributed by atoms with E-state index in [0.29, 0.717) is 47.3 Å². The first-order chi connectivity index (χ1) is 14.1. The maximum Gasteiger partial charge on any atom is 0.144 e. The Bertz CT molecular complexity index is 929. The molecule has 0 spiro atoms. The molecule has 0 saturated carbocycles. The van der Waals surface area contributed by atoms with E-state index < -0.39 is 0 Å². The maximum absolute atomic E-state index is 6.33. The van der Waals surface area contributed by atoms with Crippen molar-refractivity contribution in [2.45, 2.75) is 0 Å².